The second-order valence-electron chi connectivity index (χ2n) is 6.07. The monoisotopic (exact) mass is 309 g/mol. The zero-order chi connectivity index (χ0) is 14.9. The van der Waals surface area contributed by atoms with Gasteiger partial charge in [0.1, 0.15) is 0 Å². The highest BCUT2D eigenvalue weighted by Gasteiger charge is 2.56. The molecule has 4 nitrogen and oxygen atoms in total. The fraction of sp³-hybridized carbons (Fsp3) is 0.688. The molecule has 0 bridgehead atoms. The van der Waals surface area contributed by atoms with Crippen molar-refractivity contribution in [1.82, 2.24) is 4.90 Å². The van der Waals surface area contributed by atoms with Crippen LogP contribution in [-0.4, -0.2) is 47.8 Å². The Kier molecular flexibility index (Phi) is 4.33. The number of hydrogen-bond acceptors (Lipinski definition) is 4. The van der Waals surface area contributed by atoms with Crippen molar-refractivity contribution in [3.63, 3.8) is 0 Å². The van der Waals surface area contributed by atoms with E-state index >= 15 is 0 Å². The molecule has 1 aliphatic heterocycles. The third-order valence-electron chi connectivity index (χ3n) is 5.06. The molecule has 1 N–H and O–H groups in total. The maximum absolute atomic E-state index is 12.3. The van der Waals surface area contributed by atoms with Crippen molar-refractivity contribution in [2.45, 2.75) is 44.8 Å². The van der Waals surface area contributed by atoms with Gasteiger partial charge in [-0.1, -0.05) is 6.07 Å². The SMILES string of the molecule is CCO[C@@H]1C[C@H](O)C12CCN(C(=O)Cc1cccs1)CC2. The van der Waals surface area contributed by atoms with Crippen LogP contribution in [0.2, 0.25) is 0 Å². The molecule has 1 saturated carbocycles. The molecular weight excluding hydrogens is 286 g/mol. The summed E-state index contributed by atoms with van der Waals surface area (Å²) in [6, 6.07) is 3.99. The zero-order valence-corrected chi connectivity index (χ0v) is 13.3. The van der Waals surface area contributed by atoms with Crippen LogP contribution in [0.4, 0.5) is 0 Å². The van der Waals surface area contributed by atoms with Gasteiger partial charge in [-0.2, -0.15) is 0 Å². The smallest absolute Gasteiger partial charge is 0.227 e. The summed E-state index contributed by atoms with van der Waals surface area (Å²) in [5, 5.41) is 12.2. The molecule has 116 valence electrons. The van der Waals surface area contributed by atoms with Crippen LogP contribution in [0.1, 0.15) is 31.1 Å². The van der Waals surface area contributed by atoms with E-state index < -0.39 is 0 Å². The van der Waals surface area contributed by atoms with Gasteiger partial charge in [0.25, 0.3) is 0 Å². The summed E-state index contributed by atoms with van der Waals surface area (Å²) in [7, 11) is 0. The minimum absolute atomic E-state index is 0.101. The lowest BCUT2D eigenvalue weighted by Gasteiger charge is -2.56. The van der Waals surface area contributed by atoms with Crippen molar-refractivity contribution in [1.29, 1.82) is 0 Å². The predicted octanol–water partition coefficient (Wildman–Crippen LogP) is 2.07. The van der Waals surface area contributed by atoms with Gasteiger partial charge in [0.05, 0.1) is 18.6 Å². The molecule has 1 spiro atoms. The topological polar surface area (TPSA) is 49.8 Å². The third-order valence-corrected chi connectivity index (χ3v) is 5.94. The molecule has 3 rings (SSSR count). The normalized spacial score (nSPS) is 27.6. The number of rotatable bonds is 4. The quantitative estimate of drug-likeness (QED) is 0.926. The highest BCUT2D eigenvalue weighted by atomic mass is 32.1. The first-order chi connectivity index (χ1) is 10.2. The van der Waals surface area contributed by atoms with Crippen molar-refractivity contribution in [2.24, 2.45) is 5.41 Å². The Balaban J connectivity index is 1.56. The first kappa shape index (κ1) is 15.0. The van der Waals surface area contributed by atoms with Gasteiger partial charge >= 0.3 is 0 Å². The number of aliphatic hydroxyl groups is 1. The fourth-order valence-corrected chi connectivity index (χ4v) is 4.36. The maximum atomic E-state index is 12.3. The Morgan fingerprint density at radius 2 is 2.29 bits per heavy atom. The Morgan fingerprint density at radius 3 is 2.86 bits per heavy atom. The second-order valence-corrected chi connectivity index (χ2v) is 7.10. The van der Waals surface area contributed by atoms with E-state index in [-0.39, 0.29) is 23.5 Å². The average molecular weight is 309 g/mol. The number of piperidine rings is 1. The van der Waals surface area contributed by atoms with Crippen LogP contribution in [0.3, 0.4) is 0 Å². The first-order valence-electron chi connectivity index (χ1n) is 7.75. The summed E-state index contributed by atoms with van der Waals surface area (Å²) in [6.45, 7) is 4.17. The van der Waals surface area contributed by atoms with E-state index in [4.69, 9.17) is 4.74 Å². The van der Waals surface area contributed by atoms with Gasteiger partial charge in [0, 0.05) is 36.4 Å². The number of likely N-dealkylation sites (tertiary alicyclic amines) is 1. The Morgan fingerprint density at radius 1 is 1.52 bits per heavy atom. The van der Waals surface area contributed by atoms with Gasteiger partial charge in [0.15, 0.2) is 0 Å². The van der Waals surface area contributed by atoms with Gasteiger partial charge in [-0.15, -0.1) is 11.3 Å². The summed E-state index contributed by atoms with van der Waals surface area (Å²) in [4.78, 5) is 15.4. The van der Waals surface area contributed by atoms with Crippen molar-refractivity contribution in [3.05, 3.63) is 22.4 Å². The Bertz CT molecular complexity index is 478. The van der Waals surface area contributed by atoms with Crippen LogP contribution >= 0.6 is 11.3 Å². The molecule has 2 aliphatic rings. The molecule has 5 heteroatoms. The summed E-state index contributed by atoms with van der Waals surface area (Å²) in [5.74, 6) is 0.203. The molecule has 0 radical (unpaired) electrons. The molecule has 2 fully saturated rings. The van der Waals surface area contributed by atoms with E-state index in [1.165, 1.54) is 0 Å². The van der Waals surface area contributed by atoms with E-state index in [9.17, 15) is 9.90 Å². The lowest BCUT2D eigenvalue weighted by atomic mass is 9.58. The van der Waals surface area contributed by atoms with Crippen molar-refractivity contribution in [3.8, 4) is 0 Å². The van der Waals surface area contributed by atoms with E-state index in [1.54, 1.807) is 11.3 Å². The first-order valence-corrected chi connectivity index (χ1v) is 8.63. The summed E-state index contributed by atoms with van der Waals surface area (Å²) in [6.07, 6.45) is 2.87. The summed E-state index contributed by atoms with van der Waals surface area (Å²) < 4.78 is 5.76. The van der Waals surface area contributed by atoms with E-state index in [2.05, 4.69) is 0 Å². The van der Waals surface area contributed by atoms with E-state index in [0.717, 1.165) is 37.2 Å². The molecule has 21 heavy (non-hydrogen) atoms. The second kappa shape index (κ2) is 6.07. The number of hydrogen-bond donors (Lipinski definition) is 1. The summed E-state index contributed by atoms with van der Waals surface area (Å²) >= 11 is 1.63. The number of nitrogens with zero attached hydrogens (tertiary/aromatic N) is 1. The largest absolute Gasteiger partial charge is 0.392 e. The minimum atomic E-state index is -0.261. The van der Waals surface area contributed by atoms with Gasteiger partial charge in [-0.05, 0) is 31.2 Å². The highest BCUT2D eigenvalue weighted by molar-refractivity contribution is 7.10. The van der Waals surface area contributed by atoms with Gasteiger partial charge in [0.2, 0.25) is 5.91 Å². The van der Waals surface area contributed by atoms with Gasteiger partial charge < -0.3 is 14.7 Å². The van der Waals surface area contributed by atoms with Crippen LogP contribution in [-0.2, 0) is 16.0 Å². The van der Waals surface area contributed by atoms with Gasteiger partial charge in [-0.25, -0.2) is 0 Å². The Labute approximate surface area is 129 Å². The number of ether oxygens (including phenoxy) is 1. The molecule has 0 aromatic carbocycles. The highest BCUT2D eigenvalue weighted by Crippen LogP contribution is 2.50. The van der Waals surface area contributed by atoms with Crippen molar-refractivity contribution in [2.75, 3.05) is 19.7 Å². The predicted molar refractivity (Wildman–Crippen MR) is 82.3 cm³/mol. The van der Waals surface area contributed by atoms with E-state index in [1.807, 2.05) is 29.3 Å². The lowest BCUT2D eigenvalue weighted by molar-refractivity contribution is -0.210. The summed E-state index contributed by atoms with van der Waals surface area (Å²) in [5.41, 5.74) is -0.101. The molecule has 1 amide bonds. The molecule has 2 atom stereocenters. The standard InChI is InChI=1S/C16H23NO3S/c1-2-20-14-11-13(18)16(14)5-7-17(8-6-16)15(19)10-12-4-3-9-21-12/h3-4,9,13-14,18H,2,5-8,10-11H2,1H3/t13-,14+/m0/s1. The van der Waals surface area contributed by atoms with Crippen LogP contribution in [0.15, 0.2) is 17.5 Å². The molecule has 1 aliphatic carbocycles. The number of thiophene rings is 1. The van der Waals surface area contributed by atoms with Crippen LogP contribution in [0, 0.1) is 5.41 Å². The number of amides is 1. The molecule has 1 aromatic heterocycles. The fourth-order valence-electron chi connectivity index (χ4n) is 3.66. The number of carbonyl (C=O) groups is 1. The van der Waals surface area contributed by atoms with Crippen LogP contribution in [0.5, 0.6) is 0 Å². The molecule has 1 aromatic rings. The number of aliphatic hydroxyl groups excluding tert-OH is 1. The van der Waals surface area contributed by atoms with E-state index in [0.29, 0.717) is 13.0 Å². The van der Waals surface area contributed by atoms with Crippen LogP contribution < -0.4 is 0 Å². The lowest BCUT2D eigenvalue weighted by Crippen LogP contribution is -2.62. The van der Waals surface area contributed by atoms with Crippen molar-refractivity contribution >= 4 is 17.2 Å². The molecule has 0 unspecified atom stereocenters. The molecular formula is C16H23NO3S. The van der Waals surface area contributed by atoms with Gasteiger partial charge in [-0.3, -0.25) is 4.79 Å². The average Bonchev–Trinajstić information content (AvgIpc) is 3.00. The number of carbonyl (C=O) groups excluding carboxylic acids is 1. The third kappa shape index (κ3) is 2.74. The Hall–Kier alpha value is -0.910. The molecule has 1 saturated heterocycles. The van der Waals surface area contributed by atoms with Crippen molar-refractivity contribution < 1.29 is 14.6 Å². The zero-order valence-electron chi connectivity index (χ0n) is 12.5. The van der Waals surface area contributed by atoms with Crippen LogP contribution in [0.25, 0.3) is 0 Å². The maximum Gasteiger partial charge on any atom is 0.227 e. The minimum Gasteiger partial charge on any atom is -0.392 e. The molecule has 2 heterocycles.